The minimum absolute atomic E-state index is 0.112. The van der Waals surface area contributed by atoms with Gasteiger partial charge in [-0.25, -0.2) is 0 Å². The van der Waals surface area contributed by atoms with Gasteiger partial charge in [0.25, 0.3) is 0 Å². The summed E-state index contributed by atoms with van der Waals surface area (Å²) in [7, 11) is 0. The molecule has 0 aliphatic carbocycles. The molecular formula is C13H18O3. The van der Waals surface area contributed by atoms with Gasteiger partial charge in [0.2, 0.25) is 0 Å². The maximum Gasteiger partial charge on any atom is 0.307 e. The molecule has 0 saturated heterocycles. The number of benzene rings is 1. The summed E-state index contributed by atoms with van der Waals surface area (Å²) in [5.74, 6) is -0.818. The van der Waals surface area contributed by atoms with Gasteiger partial charge in [-0.2, -0.15) is 0 Å². The van der Waals surface area contributed by atoms with Crippen molar-refractivity contribution in [1.29, 1.82) is 0 Å². The summed E-state index contributed by atoms with van der Waals surface area (Å²) < 4.78 is 0. The molecule has 0 aliphatic rings. The maximum absolute atomic E-state index is 10.7. The smallest absolute Gasteiger partial charge is 0.307 e. The summed E-state index contributed by atoms with van der Waals surface area (Å²) >= 11 is 0. The molecule has 0 unspecified atom stereocenters. The van der Waals surface area contributed by atoms with E-state index < -0.39 is 5.97 Å². The third kappa shape index (κ3) is 2.75. The molecule has 88 valence electrons. The fraction of sp³-hybridized carbons (Fsp3) is 0.462. The van der Waals surface area contributed by atoms with Crippen LogP contribution in [0.3, 0.4) is 0 Å². The minimum Gasteiger partial charge on any atom is -0.507 e. The van der Waals surface area contributed by atoms with Gasteiger partial charge in [0.15, 0.2) is 0 Å². The Kier molecular flexibility index (Phi) is 3.27. The molecule has 3 heteroatoms. The predicted octanol–water partition coefficient (Wildman–Crippen LogP) is 2.63. The number of hydrogen-bond acceptors (Lipinski definition) is 2. The van der Waals surface area contributed by atoms with Gasteiger partial charge >= 0.3 is 5.97 Å². The molecule has 16 heavy (non-hydrogen) atoms. The van der Waals surface area contributed by atoms with Crippen LogP contribution in [0.2, 0.25) is 0 Å². The van der Waals surface area contributed by atoms with Gasteiger partial charge in [-0.3, -0.25) is 4.79 Å². The van der Waals surface area contributed by atoms with Crippen molar-refractivity contribution in [1.82, 2.24) is 0 Å². The topological polar surface area (TPSA) is 57.5 Å². The number of aryl methyl sites for hydroxylation is 1. The first-order valence-electron chi connectivity index (χ1n) is 5.26. The Balaban J connectivity index is 3.32. The highest BCUT2D eigenvalue weighted by Gasteiger charge is 2.21. The molecule has 1 rings (SSSR count). The SMILES string of the molecule is Cc1cc(CC(=O)O)c(O)c(C(C)(C)C)c1. The Morgan fingerprint density at radius 1 is 1.31 bits per heavy atom. The van der Waals surface area contributed by atoms with Crippen molar-refractivity contribution < 1.29 is 15.0 Å². The fourth-order valence-electron chi connectivity index (χ4n) is 1.72. The van der Waals surface area contributed by atoms with Crippen LogP contribution < -0.4 is 0 Å². The normalized spacial score (nSPS) is 11.5. The second-order valence-corrected chi connectivity index (χ2v) is 5.14. The van der Waals surface area contributed by atoms with Gasteiger partial charge in [-0.15, -0.1) is 0 Å². The molecule has 0 fully saturated rings. The van der Waals surface area contributed by atoms with Gasteiger partial charge in [0, 0.05) is 5.56 Å². The van der Waals surface area contributed by atoms with E-state index in [9.17, 15) is 9.90 Å². The largest absolute Gasteiger partial charge is 0.507 e. The average molecular weight is 222 g/mol. The highest BCUT2D eigenvalue weighted by molar-refractivity contribution is 5.72. The van der Waals surface area contributed by atoms with Crippen LogP contribution in [0.1, 0.15) is 37.5 Å². The lowest BCUT2D eigenvalue weighted by atomic mass is 9.84. The molecule has 0 aromatic heterocycles. The van der Waals surface area contributed by atoms with Crippen LogP contribution >= 0.6 is 0 Å². The molecule has 0 amide bonds. The van der Waals surface area contributed by atoms with E-state index in [1.807, 2.05) is 33.8 Å². The number of phenols is 1. The van der Waals surface area contributed by atoms with Gasteiger partial charge in [0.1, 0.15) is 5.75 Å². The molecule has 1 aromatic rings. The number of carboxylic acids is 1. The van der Waals surface area contributed by atoms with E-state index >= 15 is 0 Å². The summed E-state index contributed by atoms with van der Waals surface area (Å²) in [6.45, 7) is 7.88. The van der Waals surface area contributed by atoms with Gasteiger partial charge < -0.3 is 10.2 Å². The van der Waals surface area contributed by atoms with Crippen molar-refractivity contribution in [3.63, 3.8) is 0 Å². The molecule has 0 heterocycles. The zero-order valence-electron chi connectivity index (χ0n) is 10.2. The van der Waals surface area contributed by atoms with Crippen LogP contribution in [0.25, 0.3) is 0 Å². The number of carbonyl (C=O) groups is 1. The Bertz CT molecular complexity index is 414. The number of aromatic hydroxyl groups is 1. The van der Waals surface area contributed by atoms with Crippen molar-refractivity contribution in [2.75, 3.05) is 0 Å². The maximum atomic E-state index is 10.7. The van der Waals surface area contributed by atoms with Crippen molar-refractivity contribution in [2.45, 2.75) is 39.5 Å². The number of rotatable bonds is 2. The van der Waals surface area contributed by atoms with Crippen LogP contribution in [0.15, 0.2) is 12.1 Å². The molecule has 0 aliphatic heterocycles. The Morgan fingerprint density at radius 2 is 1.88 bits per heavy atom. The lowest BCUT2D eigenvalue weighted by Gasteiger charge is -2.22. The number of hydrogen-bond donors (Lipinski definition) is 2. The van der Waals surface area contributed by atoms with Crippen molar-refractivity contribution in [3.8, 4) is 5.75 Å². The van der Waals surface area contributed by atoms with Crippen LogP contribution in [-0.2, 0) is 16.6 Å². The van der Waals surface area contributed by atoms with Gasteiger partial charge in [-0.05, 0) is 17.9 Å². The lowest BCUT2D eigenvalue weighted by molar-refractivity contribution is -0.136. The fourth-order valence-corrected chi connectivity index (χ4v) is 1.72. The molecular weight excluding hydrogens is 204 g/mol. The van der Waals surface area contributed by atoms with E-state index in [0.29, 0.717) is 5.56 Å². The van der Waals surface area contributed by atoms with E-state index in [1.54, 1.807) is 6.07 Å². The van der Waals surface area contributed by atoms with Crippen LogP contribution in [0.4, 0.5) is 0 Å². The molecule has 0 atom stereocenters. The highest BCUT2D eigenvalue weighted by atomic mass is 16.4. The standard InChI is InChI=1S/C13H18O3/c1-8-5-9(7-11(14)15)12(16)10(6-8)13(2,3)4/h5-6,16H,7H2,1-4H3,(H,14,15). The Morgan fingerprint density at radius 3 is 2.31 bits per heavy atom. The van der Waals surface area contributed by atoms with E-state index in [4.69, 9.17) is 5.11 Å². The minimum atomic E-state index is -0.930. The Hall–Kier alpha value is -1.51. The summed E-state index contributed by atoms with van der Waals surface area (Å²) in [6, 6.07) is 3.62. The zero-order valence-corrected chi connectivity index (χ0v) is 10.2. The lowest BCUT2D eigenvalue weighted by Crippen LogP contribution is -2.13. The first kappa shape index (κ1) is 12.6. The quantitative estimate of drug-likeness (QED) is 0.808. The molecule has 0 spiro atoms. The summed E-state index contributed by atoms with van der Waals surface area (Å²) in [4.78, 5) is 10.7. The first-order valence-corrected chi connectivity index (χ1v) is 5.26. The predicted molar refractivity (Wildman–Crippen MR) is 62.9 cm³/mol. The van der Waals surface area contributed by atoms with E-state index in [0.717, 1.165) is 11.1 Å². The molecule has 3 nitrogen and oxygen atoms in total. The van der Waals surface area contributed by atoms with Crippen molar-refractivity contribution in [3.05, 3.63) is 28.8 Å². The first-order chi connectivity index (χ1) is 7.21. The van der Waals surface area contributed by atoms with Crippen molar-refractivity contribution >= 4 is 5.97 Å². The zero-order chi connectivity index (χ0) is 12.5. The van der Waals surface area contributed by atoms with Crippen LogP contribution in [0.5, 0.6) is 5.75 Å². The second-order valence-electron chi connectivity index (χ2n) is 5.14. The Labute approximate surface area is 95.7 Å². The number of carboxylic acid groups (broad SMARTS) is 1. The molecule has 0 bridgehead atoms. The third-order valence-corrected chi connectivity index (χ3v) is 2.48. The molecule has 0 radical (unpaired) electrons. The van der Waals surface area contributed by atoms with Crippen LogP contribution in [-0.4, -0.2) is 16.2 Å². The summed E-state index contributed by atoms with van der Waals surface area (Å²) in [5.41, 5.74) is 2.06. The highest BCUT2D eigenvalue weighted by Crippen LogP contribution is 2.34. The molecule has 0 saturated carbocycles. The van der Waals surface area contributed by atoms with E-state index in [2.05, 4.69) is 0 Å². The summed E-state index contributed by atoms with van der Waals surface area (Å²) in [6.07, 6.45) is -0.142. The van der Waals surface area contributed by atoms with Gasteiger partial charge in [0.05, 0.1) is 6.42 Å². The van der Waals surface area contributed by atoms with Crippen LogP contribution in [0, 0.1) is 6.92 Å². The van der Waals surface area contributed by atoms with E-state index in [1.165, 1.54) is 0 Å². The molecule has 1 aromatic carbocycles. The van der Waals surface area contributed by atoms with Crippen molar-refractivity contribution in [2.24, 2.45) is 0 Å². The summed E-state index contributed by atoms with van der Waals surface area (Å²) in [5, 5.41) is 18.8. The third-order valence-electron chi connectivity index (χ3n) is 2.48. The van der Waals surface area contributed by atoms with Gasteiger partial charge in [-0.1, -0.05) is 38.5 Å². The molecule has 2 N–H and O–H groups in total. The number of phenolic OH excluding ortho intramolecular Hbond substituents is 1. The van der Waals surface area contributed by atoms with E-state index in [-0.39, 0.29) is 17.6 Å². The second kappa shape index (κ2) is 4.16. The number of aliphatic carboxylic acids is 1. The average Bonchev–Trinajstić information content (AvgIpc) is 2.07. The monoisotopic (exact) mass is 222 g/mol.